The van der Waals surface area contributed by atoms with Gasteiger partial charge in [0.05, 0.1) is 12.3 Å². The van der Waals surface area contributed by atoms with Crippen LogP contribution in [0.15, 0.2) is 40.5 Å². The summed E-state index contributed by atoms with van der Waals surface area (Å²) in [6, 6.07) is 6.27. The molecule has 1 aromatic heterocycles. The number of aliphatic hydroxyl groups excluding tert-OH is 1. The van der Waals surface area contributed by atoms with Gasteiger partial charge in [-0.3, -0.25) is 0 Å². The number of fused-ring (bicyclic) bond motifs is 2. The third-order valence-corrected chi connectivity index (χ3v) is 3.85. The first kappa shape index (κ1) is 12.4. The first-order valence-corrected chi connectivity index (χ1v) is 6.89. The van der Waals surface area contributed by atoms with Gasteiger partial charge in [0.1, 0.15) is 5.03 Å². The molecule has 1 aromatic carbocycles. The second-order valence-corrected chi connectivity index (χ2v) is 5.20. The molecule has 0 aliphatic carbocycles. The minimum Gasteiger partial charge on any atom is -0.395 e. The highest BCUT2D eigenvalue weighted by Crippen LogP contribution is 2.41. The molecule has 6 heteroatoms. The van der Waals surface area contributed by atoms with Crippen LogP contribution in [0.25, 0.3) is 0 Å². The fourth-order valence-corrected chi connectivity index (χ4v) is 2.78. The second-order valence-electron chi connectivity index (χ2n) is 4.17. The van der Waals surface area contributed by atoms with Crippen molar-refractivity contribution in [2.24, 2.45) is 0 Å². The van der Waals surface area contributed by atoms with Gasteiger partial charge in [0, 0.05) is 30.4 Å². The second kappa shape index (κ2) is 5.56. The number of aliphatic hydroxyl groups is 1. The van der Waals surface area contributed by atoms with Crippen molar-refractivity contribution in [1.29, 1.82) is 0 Å². The molecule has 98 valence electrons. The third-order valence-electron chi connectivity index (χ3n) is 2.79. The number of hydrogen-bond acceptors (Lipinski definition) is 6. The average molecular weight is 274 g/mol. The fraction of sp³-hybridized carbons (Fsp3) is 0.231. The molecule has 0 unspecified atom stereocenters. The van der Waals surface area contributed by atoms with Crippen LogP contribution in [0.2, 0.25) is 0 Å². The van der Waals surface area contributed by atoms with Crippen molar-refractivity contribution in [3.05, 3.63) is 36.2 Å². The maximum absolute atomic E-state index is 8.75. The Bertz CT molecular complexity index is 591. The van der Waals surface area contributed by atoms with Crippen molar-refractivity contribution in [3.63, 3.8) is 0 Å². The van der Waals surface area contributed by atoms with Crippen LogP contribution < -0.4 is 10.6 Å². The number of nitrogens with one attached hydrogen (secondary N) is 2. The minimum absolute atomic E-state index is 0.155. The zero-order valence-corrected chi connectivity index (χ0v) is 11.1. The monoisotopic (exact) mass is 274 g/mol. The van der Waals surface area contributed by atoms with E-state index >= 15 is 0 Å². The molecule has 1 aliphatic heterocycles. The molecule has 0 saturated carbocycles. The number of aromatic nitrogens is 2. The van der Waals surface area contributed by atoms with E-state index in [4.69, 9.17) is 5.11 Å². The molecule has 0 radical (unpaired) electrons. The summed E-state index contributed by atoms with van der Waals surface area (Å²) in [5.74, 6) is 0.806. The van der Waals surface area contributed by atoms with E-state index in [2.05, 4.69) is 38.8 Å². The topological polar surface area (TPSA) is 70.1 Å². The Morgan fingerprint density at radius 3 is 3.05 bits per heavy atom. The Morgan fingerprint density at radius 1 is 1.26 bits per heavy atom. The highest BCUT2D eigenvalue weighted by Gasteiger charge is 2.17. The van der Waals surface area contributed by atoms with E-state index in [0.717, 1.165) is 28.0 Å². The zero-order chi connectivity index (χ0) is 13.1. The van der Waals surface area contributed by atoms with E-state index in [1.54, 1.807) is 24.2 Å². The molecule has 5 nitrogen and oxygen atoms in total. The first-order chi connectivity index (χ1) is 9.36. The van der Waals surface area contributed by atoms with Crippen LogP contribution in [0.3, 0.4) is 0 Å². The van der Waals surface area contributed by atoms with E-state index in [1.165, 1.54) is 5.56 Å². The summed E-state index contributed by atoms with van der Waals surface area (Å²) >= 11 is 1.62. The highest BCUT2D eigenvalue weighted by molar-refractivity contribution is 7.99. The molecule has 19 heavy (non-hydrogen) atoms. The molecule has 2 aromatic rings. The number of nitrogens with zero attached hydrogens (tertiary/aromatic N) is 2. The molecule has 3 N–H and O–H groups in total. The van der Waals surface area contributed by atoms with E-state index < -0.39 is 0 Å². The molecule has 0 amide bonds. The van der Waals surface area contributed by atoms with E-state index in [0.29, 0.717) is 6.54 Å². The quantitative estimate of drug-likeness (QED) is 0.630. The average Bonchev–Trinajstić information content (AvgIpc) is 2.45. The van der Waals surface area contributed by atoms with Crippen LogP contribution in [-0.4, -0.2) is 28.2 Å². The summed E-state index contributed by atoms with van der Waals surface area (Å²) < 4.78 is 0. The summed E-state index contributed by atoms with van der Waals surface area (Å²) in [4.78, 5) is 9.73. The van der Waals surface area contributed by atoms with Crippen molar-refractivity contribution in [3.8, 4) is 0 Å². The lowest BCUT2D eigenvalue weighted by Crippen LogP contribution is -2.17. The van der Waals surface area contributed by atoms with Gasteiger partial charge in [-0.1, -0.05) is 17.8 Å². The first-order valence-electron chi connectivity index (χ1n) is 6.07. The van der Waals surface area contributed by atoms with E-state index in [9.17, 15) is 0 Å². The lowest BCUT2D eigenvalue weighted by atomic mass is 10.2. The molecule has 0 spiro atoms. The fourth-order valence-electron chi connectivity index (χ4n) is 1.90. The predicted octanol–water partition coefficient (Wildman–Crippen LogP) is 1.77. The minimum atomic E-state index is 0.155. The van der Waals surface area contributed by atoms with Crippen LogP contribution >= 0.6 is 11.8 Å². The van der Waals surface area contributed by atoms with Gasteiger partial charge in [-0.15, -0.1) is 0 Å². The van der Waals surface area contributed by atoms with E-state index in [-0.39, 0.29) is 6.61 Å². The number of hydrogen-bond donors (Lipinski definition) is 3. The van der Waals surface area contributed by atoms with Crippen LogP contribution in [0.5, 0.6) is 0 Å². The molecule has 0 saturated heterocycles. The SMILES string of the molecule is OCCNCc1ccc2c(c1)Nc1nccnc1S2. The van der Waals surface area contributed by atoms with Crippen LogP contribution in [0.4, 0.5) is 11.5 Å². The highest BCUT2D eigenvalue weighted by atomic mass is 32.2. The van der Waals surface area contributed by atoms with Crippen molar-refractivity contribution in [2.45, 2.75) is 16.5 Å². The third kappa shape index (κ3) is 2.70. The van der Waals surface area contributed by atoms with Crippen LogP contribution in [-0.2, 0) is 6.54 Å². The van der Waals surface area contributed by atoms with Gasteiger partial charge in [-0.05, 0) is 17.7 Å². The van der Waals surface area contributed by atoms with E-state index in [1.807, 2.05) is 0 Å². The molecular formula is C13H14N4OS. The van der Waals surface area contributed by atoms with Crippen molar-refractivity contribution < 1.29 is 5.11 Å². The summed E-state index contributed by atoms with van der Waals surface area (Å²) in [5.41, 5.74) is 2.23. The summed E-state index contributed by atoms with van der Waals surface area (Å²) in [5, 5.41) is 16.1. The summed E-state index contributed by atoms with van der Waals surface area (Å²) in [6.07, 6.45) is 3.38. The normalized spacial score (nSPS) is 12.5. The molecular weight excluding hydrogens is 260 g/mol. The Kier molecular flexibility index (Phi) is 3.63. The summed E-state index contributed by atoms with van der Waals surface area (Å²) in [7, 11) is 0. The zero-order valence-electron chi connectivity index (χ0n) is 10.3. The standard InChI is InChI=1S/C13H14N4OS/c18-6-5-14-8-9-1-2-11-10(7-9)17-12-13(19-11)16-4-3-15-12/h1-4,7,14,18H,5-6,8H2,(H,15,17). The molecule has 0 fully saturated rings. The maximum atomic E-state index is 8.75. The van der Waals surface area contributed by atoms with Gasteiger partial charge in [-0.2, -0.15) is 0 Å². The maximum Gasteiger partial charge on any atom is 0.163 e. The Labute approximate surface area is 115 Å². The van der Waals surface area contributed by atoms with Crippen molar-refractivity contribution >= 4 is 23.3 Å². The Hall–Kier alpha value is -1.63. The van der Waals surface area contributed by atoms with Crippen molar-refractivity contribution in [2.75, 3.05) is 18.5 Å². The summed E-state index contributed by atoms with van der Waals surface area (Å²) in [6.45, 7) is 1.50. The lowest BCUT2D eigenvalue weighted by Gasteiger charge is -2.19. The molecule has 1 aliphatic rings. The number of rotatable bonds is 4. The number of anilines is 2. The van der Waals surface area contributed by atoms with Gasteiger partial charge in [-0.25, -0.2) is 9.97 Å². The van der Waals surface area contributed by atoms with Gasteiger partial charge in [0.2, 0.25) is 0 Å². The van der Waals surface area contributed by atoms with Gasteiger partial charge >= 0.3 is 0 Å². The Balaban J connectivity index is 1.80. The van der Waals surface area contributed by atoms with Gasteiger partial charge < -0.3 is 15.7 Å². The molecule has 0 bridgehead atoms. The van der Waals surface area contributed by atoms with Crippen LogP contribution in [0, 0.1) is 0 Å². The lowest BCUT2D eigenvalue weighted by molar-refractivity contribution is 0.292. The smallest absolute Gasteiger partial charge is 0.163 e. The Morgan fingerprint density at radius 2 is 2.16 bits per heavy atom. The largest absolute Gasteiger partial charge is 0.395 e. The molecule has 3 rings (SSSR count). The number of benzene rings is 1. The van der Waals surface area contributed by atoms with Crippen molar-refractivity contribution in [1.82, 2.24) is 15.3 Å². The van der Waals surface area contributed by atoms with Crippen LogP contribution in [0.1, 0.15) is 5.56 Å². The predicted molar refractivity (Wildman–Crippen MR) is 74.7 cm³/mol. The molecule has 0 atom stereocenters. The molecule has 2 heterocycles. The van der Waals surface area contributed by atoms with Gasteiger partial charge in [0.15, 0.2) is 5.82 Å². The van der Waals surface area contributed by atoms with Gasteiger partial charge in [0.25, 0.3) is 0 Å².